The Morgan fingerprint density at radius 1 is 1.29 bits per heavy atom. The number of hydrogen-bond acceptors (Lipinski definition) is 4. The molecule has 184 valence electrons. The lowest BCUT2D eigenvalue weighted by Crippen LogP contribution is -2.44. The van der Waals surface area contributed by atoms with Crippen molar-refractivity contribution in [2.45, 2.75) is 53.0 Å². The zero-order valence-corrected chi connectivity index (χ0v) is 20.3. The quantitative estimate of drug-likeness (QED) is 0.549. The van der Waals surface area contributed by atoms with Gasteiger partial charge in [-0.15, -0.1) is 0 Å². The molecule has 9 heteroatoms. The summed E-state index contributed by atoms with van der Waals surface area (Å²) in [6.45, 7) is 7.55. The Labute approximate surface area is 203 Å². The summed E-state index contributed by atoms with van der Waals surface area (Å²) in [4.78, 5) is 55.3. The number of imide groups is 1. The van der Waals surface area contributed by atoms with Crippen LogP contribution in [0.2, 0.25) is 0 Å². The number of halogens is 1. The second kappa shape index (κ2) is 9.48. The number of likely N-dealkylation sites (tertiary alicyclic amines) is 1. The van der Waals surface area contributed by atoms with Crippen LogP contribution in [0.5, 0.6) is 0 Å². The number of hydrogen-bond donors (Lipinski definition) is 3. The fraction of sp³-hybridized carbons (Fsp3) is 0.385. The van der Waals surface area contributed by atoms with Crippen LogP contribution in [0.3, 0.4) is 0 Å². The van der Waals surface area contributed by atoms with Crippen molar-refractivity contribution in [2.24, 2.45) is 5.92 Å². The van der Waals surface area contributed by atoms with Gasteiger partial charge < -0.3 is 15.6 Å². The van der Waals surface area contributed by atoms with E-state index in [1.165, 1.54) is 23.1 Å². The minimum absolute atomic E-state index is 0.205. The molecule has 1 aromatic heterocycles. The largest absolute Gasteiger partial charge is 0.358 e. The first-order valence-corrected chi connectivity index (χ1v) is 11.8. The highest BCUT2D eigenvalue weighted by atomic mass is 19.1. The molecule has 1 unspecified atom stereocenters. The first kappa shape index (κ1) is 24.4. The number of aryl methyl sites for hydroxylation is 1. The van der Waals surface area contributed by atoms with Gasteiger partial charge in [0.25, 0.3) is 17.7 Å². The van der Waals surface area contributed by atoms with E-state index in [9.17, 15) is 23.6 Å². The number of amides is 4. The lowest BCUT2D eigenvalue weighted by molar-refractivity contribution is -0.145. The van der Waals surface area contributed by atoms with E-state index in [4.69, 9.17) is 0 Å². The Kier molecular flexibility index (Phi) is 6.60. The van der Waals surface area contributed by atoms with Crippen molar-refractivity contribution in [3.05, 3.63) is 52.1 Å². The van der Waals surface area contributed by atoms with Crippen LogP contribution in [0.4, 0.5) is 10.1 Å². The number of H-pyrrole nitrogens is 1. The molecule has 2 aromatic rings. The van der Waals surface area contributed by atoms with Gasteiger partial charge >= 0.3 is 0 Å². The maximum atomic E-state index is 13.8. The Morgan fingerprint density at radius 2 is 2.03 bits per heavy atom. The molecule has 3 heterocycles. The molecular weight excluding hydrogens is 451 g/mol. The summed E-state index contributed by atoms with van der Waals surface area (Å²) in [6, 6.07) is 3.30. The predicted octanol–water partition coefficient (Wildman–Crippen LogP) is 3.56. The molecule has 1 fully saturated rings. The van der Waals surface area contributed by atoms with E-state index in [1.54, 1.807) is 19.9 Å². The van der Waals surface area contributed by atoms with E-state index in [0.717, 1.165) is 6.42 Å². The molecule has 2 aliphatic rings. The first-order valence-electron chi connectivity index (χ1n) is 11.8. The molecule has 0 spiro atoms. The van der Waals surface area contributed by atoms with Gasteiger partial charge in [-0.3, -0.25) is 24.1 Å². The minimum Gasteiger partial charge on any atom is -0.358 e. The summed E-state index contributed by atoms with van der Waals surface area (Å²) in [7, 11) is 0. The highest BCUT2D eigenvalue weighted by Crippen LogP contribution is 2.34. The summed E-state index contributed by atoms with van der Waals surface area (Å²) in [5.41, 5.74) is 3.33. The van der Waals surface area contributed by atoms with Gasteiger partial charge in [0.1, 0.15) is 11.9 Å². The summed E-state index contributed by atoms with van der Waals surface area (Å²) < 4.78 is 13.8. The van der Waals surface area contributed by atoms with E-state index in [1.807, 2.05) is 13.8 Å². The van der Waals surface area contributed by atoms with Crippen molar-refractivity contribution in [2.75, 3.05) is 11.9 Å². The Hall–Kier alpha value is -3.75. The second-order valence-electron chi connectivity index (χ2n) is 9.20. The number of carbonyl (C=O) groups excluding carboxylic acids is 4. The molecular formula is C26H29FN4O4. The maximum absolute atomic E-state index is 13.8. The molecule has 2 aliphatic heterocycles. The van der Waals surface area contributed by atoms with Crippen molar-refractivity contribution >= 4 is 41.0 Å². The zero-order valence-electron chi connectivity index (χ0n) is 20.3. The lowest BCUT2D eigenvalue weighted by atomic mass is 10.0. The van der Waals surface area contributed by atoms with Gasteiger partial charge in [0, 0.05) is 35.1 Å². The third-order valence-corrected chi connectivity index (χ3v) is 6.68. The molecule has 2 atom stereocenters. The van der Waals surface area contributed by atoms with Gasteiger partial charge in [0.15, 0.2) is 0 Å². The maximum Gasteiger partial charge on any atom is 0.256 e. The van der Waals surface area contributed by atoms with E-state index in [-0.39, 0.29) is 35.8 Å². The molecule has 0 saturated carbocycles. The average Bonchev–Trinajstić information content (AvgIpc) is 3.41. The van der Waals surface area contributed by atoms with Gasteiger partial charge in [-0.25, -0.2) is 4.39 Å². The summed E-state index contributed by atoms with van der Waals surface area (Å²) in [6.07, 6.45) is 3.50. The van der Waals surface area contributed by atoms with E-state index >= 15 is 0 Å². The Bertz CT molecular complexity index is 1260. The fourth-order valence-corrected chi connectivity index (χ4v) is 4.79. The number of aromatic nitrogens is 1. The average molecular weight is 481 g/mol. The van der Waals surface area contributed by atoms with Crippen LogP contribution in [0.15, 0.2) is 18.2 Å². The first-order chi connectivity index (χ1) is 16.6. The molecule has 0 bridgehead atoms. The Morgan fingerprint density at radius 3 is 2.74 bits per heavy atom. The van der Waals surface area contributed by atoms with Crippen LogP contribution in [-0.2, 0) is 14.4 Å². The molecule has 0 radical (unpaired) electrons. The number of aromatic amines is 1. The smallest absolute Gasteiger partial charge is 0.256 e. The van der Waals surface area contributed by atoms with Crippen LogP contribution >= 0.6 is 0 Å². The van der Waals surface area contributed by atoms with E-state index in [2.05, 4.69) is 15.6 Å². The minimum atomic E-state index is -0.772. The molecule has 35 heavy (non-hydrogen) atoms. The Balaban J connectivity index is 1.54. The van der Waals surface area contributed by atoms with Crippen molar-refractivity contribution in [1.29, 1.82) is 0 Å². The molecule has 0 aliphatic carbocycles. The van der Waals surface area contributed by atoms with Crippen LogP contribution in [0.1, 0.15) is 66.0 Å². The highest BCUT2D eigenvalue weighted by molar-refractivity contribution is 6.35. The number of fused-ring (bicyclic) bond motifs is 1. The third-order valence-electron chi connectivity index (χ3n) is 6.68. The van der Waals surface area contributed by atoms with Crippen LogP contribution in [-0.4, -0.2) is 46.1 Å². The second-order valence-corrected chi connectivity index (χ2v) is 9.20. The third kappa shape index (κ3) is 4.50. The highest BCUT2D eigenvalue weighted by Gasteiger charge is 2.38. The van der Waals surface area contributed by atoms with Gasteiger partial charge in [0.2, 0.25) is 5.91 Å². The van der Waals surface area contributed by atoms with Gasteiger partial charge in [-0.1, -0.05) is 20.3 Å². The monoisotopic (exact) mass is 480 g/mol. The predicted molar refractivity (Wildman–Crippen MR) is 130 cm³/mol. The molecule has 4 rings (SSSR count). The molecule has 1 aromatic carbocycles. The number of carbonyl (C=O) groups is 4. The summed E-state index contributed by atoms with van der Waals surface area (Å²) in [5.74, 6) is -2.08. The number of nitrogens with one attached hydrogen (secondary N) is 3. The SMILES string of the molecule is CCCC(C)C(=O)N1CC[C@H](NC(=O)c2c(C)[nH]c(/C=C3\C(=O)Nc4ccc(F)cc43)c2C)C1=O. The van der Waals surface area contributed by atoms with Crippen molar-refractivity contribution < 1.29 is 23.6 Å². The van der Waals surface area contributed by atoms with Crippen molar-refractivity contribution in [3.8, 4) is 0 Å². The van der Waals surface area contributed by atoms with Crippen LogP contribution in [0.25, 0.3) is 11.6 Å². The number of nitrogens with zero attached hydrogens (tertiary/aromatic N) is 1. The van der Waals surface area contributed by atoms with E-state index in [0.29, 0.717) is 46.6 Å². The summed E-state index contributed by atoms with van der Waals surface area (Å²) >= 11 is 0. The normalized spacial score (nSPS) is 19.2. The van der Waals surface area contributed by atoms with Crippen molar-refractivity contribution in [3.63, 3.8) is 0 Å². The van der Waals surface area contributed by atoms with Crippen molar-refractivity contribution in [1.82, 2.24) is 15.2 Å². The number of benzene rings is 1. The van der Waals surface area contributed by atoms with E-state index < -0.39 is 17.8 Å². The summed E-state index contributed by atoms with van der Waals surface area (Å²) in [5, 5.41) is 5.47. The van der Waals surface area contributed by atoms with Gasteiger partial charge in [-0.2, -0.15) is 0 Å². The lowest BCUT2D eigenvalue weighted by Gasteiger charge is -2.19. The van der Waals surface area contributed by atoms with Gasteiger partial charge in [0.05, 0.1) is 11.1 Å². The topological polar surface area (TPSA) is 111 Å². The standard InChI is InChI=1S/C26H29FN4O4/c1-5-6-13(2)25(34)31-10-9-20(26(31)35)30-24(33)22-14(3)21(28-15(22)4)12-18-17-11-16(27)7-8-19(17)29-23(18)32/h7-8,11-13,20,28H,5-6,9-10H2,1-4H3,(H,29,32)(H,30,33)/b18-12-/t13?,20-/m0/s1. The molecule has 4 amide bonds. The molecule has 8 nitrogen and oxygen atoms in total. The van der Waals surface area contributed by atoms with Crippen LogP contribution < -0.4 is 10.6 Å². The number of anilines is 1. The van der Waals surface area contributed by atoms with Gasteiger partial charge in [-0.05, 0) is 56.5 Å². The zero-order chi connectivity index (χ0) is 25.4. The molecule has 3 N–H and O–H groups in total. The van der Waals surface area contributed by atoms with Crippen LogP contribution in [0, 0.1) is 25.6 Å². The number of rotatable bonds is 6. The molecule has 1 saturated heterocycles. The fourth-order valence-electron chi connectivity index (χ4n) is 4.79.